The molecule has 0 N–H and O–H groups in total. The van der Waals surface area contributed by atoms with Gasteiger partial charge in [0.1, 0.15) is 0 Å². The molecule has 1 aliphatic heterocycles. The van der Waals surface area contributed by atoms with Gasteiger partial charge in [-0.25, -0.2) is 0 Å². The number of benzene rings is 1. The van der Waals surface area contributed by atoms with Crippen LogP contribution in [0.5, 0.6) is 0 Å². The average molecular weight is 460 g/mol. The van der Waals surface area contributed by atoms with Crippen LogP contribution in [0.3, 0.4) is 0 Å². The molecule has 0 amide bonds. The molecule has 3 aromatic heterocycles. The Labute approximate surface area is 186 Å². The van der Waals surface area contributed by atoms with Crippen LogP contribution in [0.2, 0.25) is 5.02 Å². The third-order valence-corrected chi connectivity index (χ3v) is 6.82. The molecule has 5 rings (SSSR count). The zero-order chi connectivity index (χ0) is 20.3. The van der Waals surface area contributed by atoms with Crippen molar-refractivity contribution in [3.63, 3.8) is 0 Å². The maximum absolute atomic E-state index is 5.94. The van der Waals surface area contributed by atoms with Crippen LogP contribution < -0.4 is 0 Å². The highest BCUT2D eigenvalue weighted by Gasteiger charge is 2.22. The van der Waals surface area contributed by atoms with Crippen LogP contribution in [-0.2, 0) is 17.0 Å². The second-order valence-electron chi connectivity index (χ2n) is 6.83. The van der Waals surface area contributed by atoms with Crippen molar-refractivity contribution in [3.8, 4) is 22.2 Å². The van der Waals surface area contributed by atoms with E-state index in [1.165, 1.54) is 11.8 Å². The smallest absolute Gasteiger partial charge is 0.247 e. The van der Waals surface area contributed by atoms with Crippen molar-refractivity contribution in [2.45, 2.75) is 36.4 Å². The summed E-state index contributed by atoms with van der Waals surface area (Å²) in [6.45, 7) is 1.56. The van der Waals surface area contributed by atoms with Gasteiger partial charge in [-0.15, -0.1) is 31.7 Å². The molecule has 154 valence electrons. The average Bonchev–Trinajstić information content (AvgIpc) is 3.55. The monoisotopic (exact) mass is 459 g/mol. The lowest BCUT2D eigenvalue weighted by atomic mass is 10.2. The second kappa shape index (κ2) is 8.89. The highest BCUT2D eigenvalue weighted by Crippen LogP contribution is 2.30. The minimum Gasteiger partial charge on any atom is -0.420 e. The lowest BCUT2D eigenvalue weighted by molar-refractivity contribution is 0.0953. The summed E-state index contributed by atoms with van der Waals surface area (Å²) in [5.41, 5.74) is 0.838. The molecular formula is C20H18ClN5O2S2. The summed E-state index contributed by atoms with van der Waals surface area (Å²) in [4.78, 5) is 1.09. The molecule has 4 aromatic rings. The molecular weight excluding hydrogens is 442 g/mol. The molecule has 4 heterocycles. The van der Waals surface area contributed by atoms with E-state index in [0.717, 1.165) is 47.4 Å². The normalized spacial score (nSPS) is 16.4. The summed E-state index contributed by atoms with van der Waals surface area (Å²) in [7, 11) is 0. The number of halogens is 1. The van der Waals surface area contributed by atoms with Gasteiger partial charge in [0.2, 0.25) is 11.8 Å². The van der Waals surface area contributed by atoms with Crippen molar-refractivity contribution in [2.75, 3.05) is 6.61 Å². The molecule has 1 fully saturated rings. The van der Waals surface area contributed by atoms with Gasteiger partial charge in [0.05, 0.1) is 23.3 Å². The van der Waals surface area contributed by atoms with E-state index in [2.05, 4.69) is 31.0 Å². The third kappa shape index (κ3) is 4.29. The van der Waals surface area contributed by atoms with E-state index < -0.39 is 0 Å². The van der Waals surface area contributed by atoms with E-state index in [1.54, 1.807) is 23.5 Å². The Morgan fingerprint density at radius 2 is 2.03 bits per heavy atom. The van der Waals surface area contributed by atoms with E-state index in [0.29, 0.717) is 22.6 Å². The van der Waals surface area contributed by atoms with Crippen LogP contribution in [-0.4, -0.2) is 37.7 Å². The van der Waals surface area contributed by atoms with Crippen molar-refractivity contribution in [1.82, 2.24) is 25.0 Å². The molecule has 0 radical (unpaired) electrons. The number of aromatic nitrogens is 5. The van der Waals surface area contributed by atoms with Crippen molar-refractivity contribution in [3.05, 3.63) is 52.7 Å². The second-order valence-corrected chi connectivity index (χ2v) is 9.15. The minimum absolute atomic E-state index is 0.193. The van der Waals surface area contributed by atoms with Crippen LogP contribution in [0.4, 0.5) is 0 Å². The lowest BCUT2D eigenvalue weighted by Crippen LogP contribution is -2.16. The van der Waals surface area contributed by atoms with Gasteiger partial charge in [0.15, 0.2) is 11.0 Å². The quantitative estimate of drug-likeness (QED) is 0.352. The number of thioether (sulfide) groups is 1. The summed E-state index contributed by atoms with van der Waals surface area (Å²) in [5, 5.41) is 20.7. The SMILES string of the molecule is Clc1ccc(-c2nnc(CSc3nnc(-c4cccs4)n3CC3CCCO3)o2)cc1. The lowest BCUT2D eigenvalue weighted by Gasteiger charge is -2.13. The Morgan fingerprint density at radius 1 is 1.13 bits per heavy atom. The zero-order valence-electron chi connectivity index (χ0n) is 15.9. The van der Waals surface area contributed by atoms with Gasteiger partial charge >= 0.3 is 0 Å². The standard InChI is InChI=1S/C20H18ClN5O2S2/c21-14-7-5-13(6-8-14)19-24-22-17(28-19)12-30-20-25-23-18(16-4-2-10-29-16)26(20)11-15-3-1-9-27-15/h2,4-8,10,15H,1,3,9,11-12H2. The molecule has 0 bridgehead atoms. The van der Waals surface area contributed by atoms with E-state index >= 15 is 0 Å². The minimum atomic E-state index is 0.193. The number of ether oxygens (including phenoxy) is 1. The largest absolute Gasteiger partial charge is 0.420 e. The Bertz CT molecular complexity index is 1100. The first-order chi connectivity index (χ1) is 14.8. The van der Waals surface area contributed by atoms with Crippen LogP contribution in [0, 0.1) is 0 Å². The number of nitrogens with zero attached hydrogens (tertiary/aromatic N) is 5. The Morgan fingerprint density at radius 3 is 2.80 bits per heavy atom. The maximum atomic E-state index is 5.94. The molecule has 0 aliphatic carbocycles. The summed E-state index contributed by atoms with van der Waals surface area (Å²) >= 11 is 9.13. The van der Waals surface area contributed by atoms with Crippen LogP contribution >= 0.6 is 34.7 Å². The van der Waals surface area contributed by atoms with Gasteiger partial charge in [0, 0.05) is 17.2 Å². The predicted molar refractivity (Wildman–Crippen MR) is 117 cm³/mol. The molecule has 30 heavy (non-hydrogen) atoms. The molecule has 1 aliphatic rings. The van der Waals surface area contributed by atoms with Gasteiger partial charge in [-0.1, -0.05) is 29.4 Å². The topological polar surface area (TPSA) is 78.9 Å². The summed E-state index contributed by atoms with van der Waals surface area (Å²) in [6.07, 6.45) is 2.35. The number of hydrogen-bond donors (Lipinski definition) is 0. The Balaban J connectivity index is 1.34. The zero-order valence-corrected chi connectivity index (χ0v) is 18.3. The Kier molecular flexibility index (Phi) is 5.85. The van der Waals surface area contributed by atoms with Crippen molar-refractivity contribution in [1.29, 1.82) is 0 Å². The number of hydrogen-bond acceptors (Lipinski definition) is 8. The molecule has 1 aromatic carbocycles. The van der Waals surface area contributed by atoms with Crippen molar-refractivity contribution < 1.29 is 9.15 Å². The van der Waals surface area contributed by atoms with E-state index in [4.69, 9.17) is 20.8 Å². The third-order valence-electron chi connectivity index (χ3n) is 4.75. The molecule has 1 saturated heterocycles. The first kappa shape index (κ1) is 19.7. The molecule has 7 nitrogen and oxygen atoms in total. The molecule has 0 spiro atoms. The number of thiophene rings is 1. The fourth-order valence-corrected chi connectivity index (χ4v) is 4.92. The van der Waals surface area contributed by atoms with Gasteiger partial charge in [-0.3, -0.25) is 4.57 Å². The molecule has 1 unspecified atom stereocenters. The molecule has 1 atom stereocenters. The molecule has 0 saturated carbocycles. The van der Waals surface area contributed by atoms with E-state index in [-0.39, 0.29) is 6.10 Å². The van der Waals surface area contributed by atoms with Gasteiger partial charge < -0.3 is 9.15 Å². The van der Waals surface area contributed by atoms with Gasteiger partial charge in [-0.05, 0) is 48.6 Å². The number of rotatable bonds is 7. The molecule has 10 heteroatoms. The first-order valence-corrected chi connectivity index (χ1v) is 11.8. The predicted octanol–water partition coefficient (Wildman–Crippen LogP) is 5.18. The summed E-state index contributed by atoms with van der Waals surface area (Å²) in [6, 6.07) is 11.4. The highest BCUT2D eigenvalue weighted by molar-refractivity contribution is 7.98. The summed E-state index contributed by atoms with van der Waals surface area (Å²) in [5.74, 6) is 2.39. The van der Waals surface area contributed by atoms with Crippen molar-refractivity contribution in [2.24, 2.45) is 0 Å². The fourth-order valence-electron chi connectivity index (χ4n) is 3.29. The first-order valence-electron chi connectivity index (χ1n) is 9.56. The van der Waals surface area contributed by atoms with Gasteiger partial charge in [-0.2, -0.15) is 0 Å². The fraction of sp³-hybridized carbons (Fsp3) is 0.300. The highest BCUT2D eigenvalue weighted by atomic mass is 35.5. The summed E-state index contributed by atoms with van der Waals surface area (Å²) < 4.78 is 13.8. The van der Waals surface area contributed by atoms with E-state index in [9.17, 15) is 0 Å². The maximum Gasteiger partial charge on any atom is 0.247 e. The van der Waals surface area contributed by atoms with Crippen molar-refractivity contribution >= 4 is 34.7 Å². The van der Waals surface area contributed by atoms with Crippen LogP contribution in [0.15, 0.2) is 51.4 Å². The van der Waals surface area contributed by atoms with Gasteiger partial charge in [0.25, 0.3) is 0 Å². The van der Waals surface area contributed by atoms with Crippen LogP contribution in [0.25, 0.3) is 22.2 Å². The van der Waals surface area contributed by atoms with Crippen LogP contribution in [0.1, 0.15) is 18.7 Å². The Hall–Kier alpha value is -2.20. The van der Waals surface area contributed by atoms with E-state index in [1.807, 2.05) is 23.6 Å².